The number of fused-ring (bicyclic) bond motifs is 1. The second kappa shape index (κ2) is 6.74. The first-order valence-corrected chi connectivity index (χ1v) is 8.02. The van der Waals surface area contributed by atoms with Crippen molar-refractivity contribution in [1.82, 2.24) is 15.1 Å². The number of allylic oxidation sites excluding steroid dienone is 1. The van der Waals surface area contributed by atoms with Gasteiger partial charge in [0.2, 0.25) is 5.91 Å². The Morgan fingerprint density at radius 2 is 2.04 bits per heavy atom. The van der Waals surface area contributed by atoms with Crippen LogP contribution in [-0.4, -0.2) is 21.9 Å². The summed E-state index contributed by atoms with van der Waals surface area (Å²) < 4.78 is 41.7. The summed E-state index contributed by atoms with van der Waals surface area (Å²) in [5.74, 6) is -0.752. The lowest BCUT2D eigenvalue weighted by atomic mass is 9.93. The van der Waals surface area contributed by atoms with E-state index in [1.807, 2.05) is 7.05 Å². The summed E-state index contributed by atoms with van der Waals surface area (Å²) >= 11 is 0. The Bertz CT molecular complexity index is 794. The Morgan fingerprint density at radius 3 is 2.72 bits per heavy atom. The molecule has 3 rings (SSSR count). The molecule has 0 aliphatic heterocycles. The van der Waals surface area contributed by atoms with Crippen molar-refractivity contribution in [3.8, 4) is 0 Å². The lowest BCUT2D eigenvalue weighted by Crippen LogP contribution is -2.30. The van der Waals surface area contributed by atoms with E-state index in [1.54, 1.807) is 16.9 Å². The maximum atomic E-state index is 13.3. The second-order valence-corrected chi connectivity index (χ2v) is 6.05. The van der Waals surface area contributed by atoms with Crippen molar-refractivity contribution in [2.45, 2.75) is 31.5 Å². The highest BCUT2D eigenvalue weighted by Gasteiger charge is 2.35. The van der Waals surface area contributed by atoms with E-state index in [-0.39, 0.29) is 11.6 Å². The molecule has 0 bridgehead atoms. The van der Waals surface area contributed by atoms with Crippen LogP contribution in [0.3, 0.4) is 0 Å². The standard InChI is InChI=1S/C18H18F3N3O/c1-24-16-9-5-8-15(13(16)11-22-24)23-17(25)10-14(18(19,20)21)12-6-3-2-4-7-12/h2-4,6-7,10-11,15H,5,8-9H2,1H3,(H,23,25). The van der Waals surface area contributed by atoms with Gasteiger partial charge in [0, 0.05) is 24.4 Å². The molecule has 7 heteroatoms. The molecule has 0 saturated heterocycles. The van der Waals surface area contributed by atoms with E-state index < -0.39 is 17.7 Å². The molecule has 132 valence electrons. The van der Waals surface area contributed by atoms with E-state index in [2.05, 4.69) is 10.4 Å². The SMILES string of the molecule is Cn1ncc2c1CCCC2NC(=O)C=C(c1ccccc1)C(F)(F)F. The molecule has 1 heterocycles. The number of aryl methyl sites for hydroxylation is 1. The third kappa shape index (κ3) is 3.75. The summed E-state index contributed by atoms with van der Waals surface area (Å²) in [4.78, 5) is 12.2. The molecule has 0 saturated carbocycles. The second-order valence-electron chi connectivity index (χ2n) is 6.05. The lowest BCUT2D eigenvalue weighted by molar-refractivity contribution is -0.117. The lowest BCUT2D eigenvalue weighted by Gasteiger charge is -2.23. The maximum absolute atomic E-state index is 13.3. The quantitative estimate of drug-likeness (QED) is 0.862. The Labute approximate surface area is 143 Å². The van der Waals surface area contributed by atoms with Gasteiger partial charge in [0.15, 0.2) is 0 Å². The molecule has 0 spiro atoms. The molecular formula is C18H18F3N3O. The average Bonchev–Trinajstić information content (AvgIpc) is 2.95. The largest absolute Gasteiger partial charge is 0.417 e. The predicted octanol–water partition coefficient (Wildman–Crippen LogP) is 3.56. The monoisotopic (exact) mass is 349 g/mol. The van der Waals surface area contributed by atoms with Crippen molar-refractivity contribution < 1.29 is 18.0 Å². The first-order chi connectivity index (χ1) is 11.9. The van der Waals surface area contributed by atoms with Crippen molar-refractivity contribution >= 4 is 11.5 Å². The van der Waals surface area contributed by atoms with Crippen LogP contribution < -0.4 is 5.32 Å². The van der Waals surface area contributed by atoms with Gasteiger partial charge in [-0.05, 0) is 24.8 Å². The van der Waals surface area contributed by atoms with Gasteiger partial charge in [-0.15, -0.1) is 0 Å². The van der Waals surface area contributed by atoms with Gasteiger partial charge in [-0.2, -0.15) is 18.3 Å². The number of halogens is 3. The average molecular weight is 349 g/mol. The third-order valence-corrected chi connectivity index (χ3v) is 4.36. The minimum Gasteiger partial charge on any atom is -0.346 e. The topological polar surface area (TPSA) is 46.9 Å². The molecule has 1 aromatic carbocycles. The highest BCUT2D eigenvalue weighted by molar-refractivity contribution is 5.96. The van der Waals surface area contributed by atoms with Gasteiger partial charge in [-0.3, -0.25) is 9.48 Å². The van der Waals surface area contributed by atoms with Crippen LogP contribution in [0, 0.1) is 0 Å². The molecule has 1 unspecified atom stereocenters. The molecule has 25 heavy (non-hydrogen) atoms. The van der Waals surface area contributed by atoms with Gasteiger partial charge in [-0.1, -0.05) is 30.3 Å². The molecule has 1 amide bonds. The number of rotatable bonds is 3. The van der Waals surface area contributed by atoms with Crippen LogP contribution in [0.1, 0.15) is 35.7 Å². The number of hydrogen-bond donors (Lipinski definition) is 1. The Kier molecular flexibility index (Phi) is 4.65. The van der Waals surface area contributed by atoms with Crippen LogP contribution in [-0.2, 0) is 18.3 Å². The third-order valence-electron chi connectivity index (χ3n) is 4.36. The fourth-order valence-electron chi connectivity index (χ4n) is 3.15. The number of nitrogens with zero attached hydrogens (tertiary/aromatic N) is 2. The van der Waals surface area contributed by atoms with Crippen molar-refractivity contribution in [1.29, 1.82) is 0 Å². The molecule has 1 aliphatic carbocycles. The zero-order valence-electron chi connectivity index (χ0n) is 13.7. The zero-order valence-corrected chi connectivity index (χ0v) is 13.7. The van der Waals surface area contributed by atoms with E-state index >= 15 is 0 Å². The van der Waals surface area contributed by atoms with E-state index in [0.29, 0.717) is 12.5 Å². The number of carbonyl (C=O) groups excluding carboxylic acids is 1. The minimum atomic E-state index is -4.61. The highest BCUT2D eigenvalue weighted by atomic mass is 19.4. The number of aromatic nitrogens is 2. The Hall–Kier alpha value is -2.57. The molecule has 2 aromatic rings. The minimum absolute atomic E-state index is 0.0316. The van der Waals surface area contributed by atoms with Gasteiger partial charge in [0.05, 0.1) is 17.8 Å². The first kappa shape index (κ1) is 17.3. The van der Waals surface area contributed by atoms with E-state index in [1.165, 1.54) is 24.3 Å². The van der Waals surface area contributed by atoms with E-state index in [4.69, 9.17) is 0 Å². The fraction of sp³-hybridized carbons (Fsp3) is 0.333. The summed E-state index contributed by atoms with van der Waals surface area (Å²) in [6.07, 6.45) is 0.0958. The van der Waals surface area contributed by atoms with Gasteiger partial charge >= 0.3 is 6.18 Å². The molecule has 1 atom stereocenters. The Balaban J connectivity index is 1.84. The summed E-state index contributed by atoms with van der Waals surface area (Å²) in [5.41, 5.74) is 0.909. The van der Waals surface area contributed by atoms with Crippen molar-refractivity contribution in [2.24, 2.45) is 7.05 Å². The number of carbonyl (C=O) groups is 1. The Morgan fingerprint density at radius 1 is 1.32 bits per heavy atom. The van der Waals surface area contributed by atoms with E-state index in [9.17, 15) is 18.0 Å². The zero-order chi connectivity index (χ0) is 18.0. The van der Waals surface area contributed by atoms with Crippen LogP contribution in [0.15, 0.2) is 42.6 Å². The normalized spacial score (nSPS) is 17.9. The fourth-order valence-corrected chi connectivity index (χ4v) is 3.15. The van der Waals surface area contributed by atoms with Gasteiger partial charge in [0.1, 0.15) is 0 Å². The summed E-state index contributed by atoms with van der Waals surface area (Å²) in [5, 5.41) is 6.87. The number of hydrogen-bond acceptors (Lipinski definition) is 2. The van der Waals surface area contributed by atoms with Crippen molar-refractivity contribution in [3.05, 3.63) is 59.4 Å². The number of benzene rings is 1. The number of alkyl halides is 3. The van der Waals surface area contributed by atoms with Crippen molar-refractivity contribution in [3.63, 3.8) is 0 Å². The van der Waals surface area contributed by atoms with Gasteiger partial charge in [0.25, 0.3) is 0 Å². The van der Waals surface area contributed by atoms with Crippen LogP contribution >= 0.6 is 0 Å². The smallest absolute Gasteiger partial charge is 0.346 e. The first-order valence-electron chi connectivity index (χ1n) is 8.02. The maximum Gasteiger partial charge on any atom is 0.417 e. The van der Waals surface area contributed by atoms with Crippen molar-refractivity contribution in [2.75, 3.05) is 0 Å². The molecule has 1 aliphatic rings. The predicted molar refractivity (Wildman–Crippen MR) is 87.5 cm³/mol. The van der Waals surface area contributed by atoms with Gasteiger partial charge in [-0.25, -0.2) is 0 Å². The van der Waals surface area contributed by atoms with Crippen LogP contribution in [0.4, 0.5) is 13.2 Å². The highest BCUT2D eigenvalue weighted by Crippen LogP contribution is 2.34. The summed E-state index contributed by atoms with van der Waals surface area (Å²) in [6.45, 7) is 0. The summed E-state index contributed by atoms with van der Waals surface area (Å²) in [7, 11) is 1.82. The molecule has 1 aromatic heterocycles. The van der Waals surface area contributed by atoms with Gasteiger partial charge < -0.3 is 5.32 Å². The number of nitrogens with one attached hydrogen (secondary N) is 1. The number of amides is 1. The molecule has 1 N–H and O–H groups in total. The van der Waals surface area contributed by atoms with E-state index in [0.717, 1.165) is 24.1 Å². The molecule has 4 nitrogen and oxygen atoms in total. The molecular weight excluding hydrogens is 331 g/mol. The molecule has 0 radical (unpaired) electrons. The summed E-state index contributed by atoms with van der Waals surface area (Å²) in [6, 6.07) is 7.01. The van der Waals surface area contributed by atoms with Crippen LogP contribution in [0.5, 0.6) is 0 Å². The van der Waals surface area contributed by atoms with Crippen LogP contribution in [0.25, 0.3) is 5.57 Å². The molecule has 0 fully saturated rings. The van der Waals surface area contributed by atoms with Crippen LogP contribution in [0.2, 0.25) is 0 Å².